The molecule has 4 aromatic rings. The zero-order chi connectivity index (χ0) is 19.7. The molecule has 0 bridgehead atoms. The summed E-state index contributed by atoms with van der Waals surface area (Å²) < 4.78 is 0. The first-order chi connectivity index (χ1) is 13.5. The van der Waals surface area contributed by atoms with Gasteiger partial charge >= 0.3 is 0 Å². The molecule has 0 spiro atoms. The number of hydrogen-bond acceptors (Lipinski definition) is 3. The largest absolute Gasteiger partial charge is 0.394 e. The zero-order valence-electron chi connectivity index (χ0n) is 15.9. The third-order valence-electron chi connectivity index (χ3n) is 4.87. The quantitative estimate of drug-likeness (QED) is 0.554. The Morgan fingerprint density at radius 2 is 1.64 bits per heavy atom. The van der Waals surface area contributed by atoms with E-state index >= 15 is 0 Å². The minimum Gasteiger partial charge on any atom is -0.394 e. The number of rotatable bonds is 4. The second-order valence-corrected chi connectivity index (χ2v) is 7.60. The predicted molar refractivity (Wildman–Crippen MR) is 113 cm³/mol. The first-order valence-electron chi connectivity index (χ1n) is 9.30. The number of carbonyl (C=O) groups excluding carboxylic acids is 1. The van der Waals surface area contributed by atoms with Crippen molar-refractivity contribution in [1.82, 2.24) is 10.3 Å². The molecule has 2 N–H and O–H groups in total. The Balaban J connectivity index is 1.93. The highest BCUT2D eigenvalue weighted by molar-refractivity contribution is 6.08. The van der Waals surface area contributed by atoms with Crippen LogP contribution in [-0.4, -0.2) is 28.1 Å². The zero-order valence-corrected chi connectivity index (χ0v) is 15.9. The highest BCUT2D eigenvalue weighted by atomic mass is 16.3. The second kappa shape index (κ2) is 7.06. The van der Waals surface area contributed by atoms with Gasteiger partial charge in [-0.3, -0.25) is 4.79 Å². The Kier molecular flexibility index (Phi) is 4.57. The van der Waals surface area contributed by atoms with Crippen molar-refractivity contribution in [2.75, 3.05) is 6.61 Å². The summed E-state index contributed by atoms with van der Waals surface area (Å²) in [6.07, 6.45) is 0. The van der Waals surface area contributed by atoms with Gasteiger partial charge in [0.05, 0.1) is 28.9 Å². The second-order valence-electron chi connectivity index (χ2n) is 7.60. The Morgan fingerprint density at radius 3 is 2.43 bits per heavy atom. The average Bonchev–Trinajstić information content (AvgIpc) is 2.72. The highest BCUT2D eigenvalue weighted by Crippen LogP contribution is 2.30. The van der Waals surface area contributed by atoms with E-state index in [0.29, 0.717) is 5.56 Å². The smallest absolute Gasteiger partial charge is 0.252 e. The summed E-state index contributed by atoms with van der Waals surface area (Å²) in [5, 5.41) is 15.4. The Bertz CT molecular complexity index is 1180. The fourth-order valence-electron chi connectivity index (χ4n) is 3.36. The van der Waals surface area contributed by atoms with Gasteiger partial charge in [-0.1, -0.05) is 60.7 Å². The van der Waals surface area contributed by atoms with Crippen molar-refractivity contribution >= 4 is 27.6 Å². The van der Waals surface area contributed by atoms with Gasteiger partial charge in [0, 0.05) is 10.9 Å². The van der Waals surface area contributed by atoms with Crippen LogP contribution in [-0.2, 0) is 0 Å². The maximum absolute atomic E-state index is 13.0. The number of nitrogens with zero attached hydrogens (tertiary/aromatic N) is 1. The van der Waals surface area contributed by atoms with Crippen molar-refractivity contribution in [3.63, 3.8) is 0 Å². The fraction of sp³-hybridized carbons (Fsp3) is 0.167. The van der Waals surface area contributed by atoms with Crippen LogP contribution in [0, 0.1) is 0 Å². The van der Waals surface area contributed by atoms with Crippen LogP contribution in [0.15, 0.2) is 72.8 Å². The van der Waals surface area contributed by atoms with Gasteiger partial charge in [-0.25, -0.2) is 4.98 Å². The normalized spacial score (nSPS) is 11.7. The van der Waals surface area contributed by atoms with Crippen LogP contribution in [0.25, 0.3) is 32.9 Å². The molecular weight excluding hydrogens is 348 g/mol. The van der Waals surface area contributed by atoms with Crippen molar-refractivity contribution in [2.24, 2.45) is 0 Å². The maximum Gasteiger partial charge on any atom is 0.252 e. The third kappa shape index (κ3) is 3.35. The minimum atomic E-state index is -0.707. The van der Waals surface area contributed by atoms with Gasteiger partial charge in [0.25, 0.3) is 5.91 Å². The Hall–Kier alpha value is -3.24. The van der Waals surface area contributed by atoms with E-state index < -0.39 is 5.54 Å². The van der Waals surface area contributed by atoms with E-state index in [1.54, 1.807) is 13.8 Å². The monoisotopic (exact) mass is 370 g/mol. The summed E-state index contributed by atoms with van der Waals surface area (Å²) in [5.74, 6) is -0.223. The molecule has 0 aliphatic carbocycles. The van der Waals surface area contributed by atoms with E-state index in [0.717, 1.165) is 32.9 Å². The van der Waals surface area contributed by atoms with Crippen LogP contribution in [0.2, 0.25) is 0 Å². The van der Waals surface area contributed by atoms with Crippen molar-refractivity contribution < 1.29 is 9.90 Å². The molecule has 1 amide bonds. The van der Waals surface area contributed by atoms with Gasteiger partial charge < -0.3 is 10.4 Å². The average molecular weight is 370 g/mol. The first-order valence-corrected chi connectivity index (χ1v) is 9.30. The molecule has 4 rings (SSSR count). The number of fused-ring (bicyclic) bond motifs is 2. The van der Waals surface area contributed by atoms with Crippen LogP contribution in [0.3, 0.4) is 0 Å². The molecule has 0 atom stereocenters. The lowest BCUT2D eigenvalue weighted by atomic mass is 9.98. The van der Waals surface area contributed by atoms with Gasteiger partial charge in [0.15, 0.2) is 0 Å². The van der Waals surface area contributed by atoms with Crippen molar-refractivity contribution in [3.8, 4) is 11.3 Å². The molecule has 140 valence electrons. The maximum atomic E-state index is 13.0. The van der Waals surface area contributed by atoms with E-state index in [4.69, 9.17) is 4.98 Å². The lowest BCUT2D eigenvalue weighted by molar-refractivity contribution is 0.0871. The van der Waals surface area contributed by atoms with E-state index in [-0.39, 0.29) is 12.5 Å². The molecule has 28 heavy (non-hydrogen) atoms. The molecule has 1 aromatic heterocycles. The SMILES string of the molecule is CC(C)(CO)NC(=O)c1cc(-c2cccc3ccccc23)nc2ccccc12. The third-order valence-corrected chi connectivity index (χ3v) is 4.87. The molecular formula is C24H22N2O2. The summed E-state index contributed by atoms with van der Waals surface area (Å²) in [7, 11) is 0. The molecule has 1 heterocycles. The molecule has 0 unspecified atom stereocenters. The van der Waals surface area contributed by atoms with E-state index in [2.05, 4.69) is 23.5 Å². The molecule has 4 heteroatoms. The van der Waals surface area contributed by atoms with Crippen molar-refractivity contribution in [3.05, 3.63) is 78.4 Å². The predicted octanol–water partition coefficient (Wildman–Crippen LogP) is 4.56. The number of hydrogen-bond donors (Lipinski definition) is 2. The fourth-order valence-corrected chi connectivity index (χ4v) is 3.36. The number of amides is 1. The lowest BCUT2D eigenvalue weighted by Crippen LogP contribution is -2.46. The number of aliphatic hydroxyl groups is 1. The molecule has 4 nitrogen and oxygen atoms in total. The number of pyridine rings is 1. The number of benzene rings is 3. The number of carbonyl (C=O) groups is 1. The molecule has 0 saturated carbocycles. The van der Waals surface area contributed by atoms with Crippen LogP contribution in [0.4, 0.5) is 0 Å². The van der Waals surface area contributed by atoms with Gasteiger partial charge in [0.1, 0.15) is 0 Å². The molecule has 0 aliphatic heterocycles. The van der Waals surface area contributed by atoms with Crippen LogP contribution in [0.5, 0.6) is 0 Å². The standard InChI is InChI=1S/C24H22N2O2/c1-24(2,15-27)26-23(28)20-14-22(25-21-13-6-5-11-19(20)21)18-12-7-9-16-8-3-4-10-17(16)18/h3-14,27H,15H2,1-2H3,(H,26,28). The van der Waals surface area contributed by atoms with Crippen LogP contribution < -0.4 is 5.32 Å². The number of nitrogens with one attached hydrogen (secondary N) is 1. The van der Waals surface area contributed by atoms with Crippen molar-refractivity contribution in [1.29, 1.82) is 0 Å². The number of aliphatic hydroxyl groups excluding tert-OH is 1. The summed E-state index contributed by atoms with van der Waals surface area (Å²) in [5.41, 5.74) is 2.35. The van der Waals surface area contributed by atoms with E-state index in [9.17, 15) is 9.90 Å². The number of para-hydroxylation sites is 1. The molecule has 3 aromatic carbocycles. The van der Waals surface area contributed by atoms with Gasteiger partial charge in [0.2, 0.25) is 0 Å². The van der Waals surface area contributed by atoms with Crippen LogP contribution in [0.1, 0.15) is 24.2 Å². The van der Waals surface area contributed by atoms with Gasteiger partial charge in [-0.15, -0.1) is 0 Å². The Labute approximate surface area is 163 Å². The minimum absolute atomic E-state index is 0.141. The summed E-state index contributed by atoms with van der Waals surface area (Å²) in [4.78, 5) is 17.9. The van der Waals surface area contributed by atoms with Gasteiger partial charge in [-0.05, 0) is 36.8 Å². The highest BCUT2D eigenvalue weighted by Gasteiger charge is 2.22. The Morgan fingerprint density at radius 1 is 0.964 bits per heavy atom. The molecule has 0 fully saturated rings. The molecule has 0 radical (unpaired) electrons. The van der Waals surface area contributed by atoms with E-state index in [1.807, 2.05) is 54.6 Å². The topological polar surface area (TPSA) is 62.2 Å². The van der Waals surface area contributed by atoms with Crippen molar-refractivity contribution in [2.45, 2.75) is 19.4 Å². The summed E-state index contributed by atoms with van der Waals surface area (Å²) >= 11 is 0. The molecule has 0 saturated heterocycles. The first kappa shape index (κ1) is 18.1. The molecule has 0 aliphatic rings. The van der Waals surface area contributed by atoms with Crippen LogP contribution >= 0.6 is 0 Å². The number of aromatic nitrogens is 1. The summed E-state index contributed by atoms with van der Waals surface area (Å²) in [6.45, 7) is 3.44. The van der Waals surface area contributed by atoms with Gasteiger partial charge in [-0.2, -0.15) is 0 Å². The lowest BCUT2D eigenvalue weighted by Gasteiger charge is -2.24. The summed E-state index contributed by atoms with van der Waals surface area (Å²) in [6, 6.07) is 23.7. The van der Waals surface area contributed by atoms with E-state index in [1.165, 1.54) is 0 Å².